The van der Waals surface area contributed by atoms with Crippen LogP contribution in [-0.2, 0) is 0 Å². The summed E-state index contributed by atoms with van der Waals surface area (Å²) in [5.41, 5.74) is 3.96. The van der Waals surface area contributed by atoms with Crippen molar-refractivity contribution in [3.05, 3.63) is 33.8 Å². The van der Waals surface area contributed by atoms with E-state index in [4.69, 9.17) is 11.6 Å². The maximum Gasteiger partial charge on any atom is 0.0438 e. The molecule has 1 rings (SSSR count). The van der Waals surface area contributed by atoms with Gasteiger partial charge in [-0.05, 0) is 48.9 Å². The second kappa shape index (κ2) is 4.84. The third-order valence-electron chi connectivity index (χ3n) is 2.80. The van der Waals surface area contributed by atoms with Crippen LogP contribution >= 0.6 is 11.6 Å². The van der Waals surface area contributed by atoms with Gasteiger partial charge in [0.1, 0.15) is 0 Å². The Kier molecular flexibility index (Phi) is 4.00. The van der Waals surface area contributed by atoms with Crippen LogP contribution in [0.15, 0.2) is 12.1 Å². The van der Waals surface area contributed by atoms with Crippen LogP contribution in [0.3, 0.4) is 0 Å². The maximum absolute atomic E-state index is 6.07. The first-order valence-corrected chi connectivity index (χ1v) is 5.70. The number of rotatable bonds is 3. The minimum absolute atomic E-state index is 0.649. The van der Waals surface area contributed by atoms with Crippen LogP contribution in [0.1, 0.15) is 49.3 Å². The summed E-state index contributed by atoms with van der Waals surface area (Å²) in [4.78, 5) is 0. The Morgan fingerprint density at radius 2 is 1.86 bits per heavy atom. The Balaban J connectivity index is 3.02. The Bertz CT molecular complexity index is 315. The normalized spacial score (nSPS) is 12.9. The largest absolute Gasteiger partial charge is 0.0840 e. The average Bonchev–Trinajstić information content (AvgIpc) is 2.11. The number of halogens is 1. The van der Waals surface area contributed by atoms with Gasteiger partial charge in [-0.1, -0.05) is 37.9 Å². The molecule has 1 aromatic rings. The van der Waals surface area contributed by atoms with Gasteiger partial charge in [-0.2, -0.15) is 0 Å². The molecule has 0 saturated heterocycles. The quantitative estimate of drug-likeness (QED) is 0.669. The summed E-state index contributed by atoms with van der Waals surface area (Å²) in [7, 11) is 0. The molecule has 0 aliphatic carbocycles. The van der Waals surface area contributed by atoms with Gasteiger partial charge < -0.3 is 0 Å². The average molecular weight is 211 g/mol. The third kappa shape index (κ3) is 2.51. The standard InChI is InChI=1S/C13H19Cl/c1-5-6-9(2)12-7-11(4)13(14)8-10(12)3/h7-9H,5-6H2,1-4H3. The monoisotopic (exact) mass is 210 g/mol. The molecule has 1 unspecified atom stereocenters. The van der Waals surface area contributed by atoms with E-state index in [1.807, 2.05) is 0 Å². The first kappa shape index (κ1) is 11.6. The molecule has 0 nitrogen and oxygen atoms in total. The molecule has 1 aromatic carbocycles. The molecule has 0 aliphatic rings. The fraction of sp³-hybridized carbons (Fsp3) is 0.538. The summed E-state index contributed by atoms with van der Waals surface area (Å²) in [6, 6.07) is 4.32. The molecule has 78 valence electrons. The highest BCUT2D eigenvalue weighted by Gasteiger charge is 2.09. The number of benzene rings is 1. The second-order valence-corrected chi connectivity index (χ2v) is 4.55. The van der Waals surface area contributed by atoms with E-state index in [9.17, 15) is 0 Å². The number of hydrogen-bond acceptors (Lipinski definition) is 0. The summed E-state index contributed by atoms with van der Waals surface area (Å²) >= 11 is 6.07. The van der Waals surface area contributed by atoms with Gasteiger partial charge in [-0.15, -0.1) is 0 Å². The van der Waals surface area contributed by atoms with Gasteiger partial charge in [0.25, 0.3) is 0 Å². The molecule has 0 fully saturated rings. The zero-order valence-corrected chi connectivity index (χ0v) is 10.3. The molecule has 0 heterocycles. The van der Waals surface area contributed by atoms with Crippen molar-refractivity contribution in [2.45, 2.75) is 46.5 Å². The van der Waals surface area contributed by atoms with E-state index >= 15 is 0 Å². The minimum Gasteiger partial charge on any atom is -0.0840 e. The number of aryl methyl sites for hydroxylation is 2. The third-order valence-corrected chi connectivity index (χ3v) is 3.21. The lowest BCUT2D eigenvalue weighted by Gasteiger charge is -2.15. The van der Waals surface area contributed by atoms with Gasteiger partial charge in [-0.25, -0.2) is 0 Å². The molecule has 0 aliphatic heterocycles. The van der Waals surface area contributed by atoms with Gasteiger partial charge in [0.15, 0.2) is 0 Å². The Labute approximate surface area is 92.3 Å². The summed E-state index contributed by atoms with van der Waals surface area (Å²) < 4.78 is 0. The zero-order chi connectivity index (χ0) is 10.7. The molecule has 14 heavy (non-hydrogen) atoms. The second-order valence-electron chi connectivity index (χ2n) is 4.15. The molecule has 1 heteroatoms. The maximum atomic E-state index is 6.07. The lowest BCUT2D eigenvalue weighted by molar-refractivity contribution is 0.661. The zero-order valence-electron chi connectivity index (χ0n) is 9.52. The smallest absolute Gasteiger partial charge is 0.0438 e. The van der Waals surface area contributed by atoms with Crippen molar-refractivity contribution >= 4 is 11.6 Å². The van der Waals surface area contributed by atoms with Crippen molar-refractivity contribution in [1.82, 2.24) is 0 Å². The summed E-state index contributed by atoms with van der Waals surface area (Å²) in [6.07, 6.45) is 2.49. The fourth-order valence-electron chi connectivity index (χ4n) is 1.92. The van der Waals surface area contributed by atoms with Crippen molar-refractivity contribution in [2.24, 2.45) is 0 Å². The molecule has 0 spiro atoms. The first-order valence-electron chi connectivity index (χ1n) is 5.33. The lowest BCUT2D eigenvalue weighted by Crippen LogP contribution is -1.97. The van der Waals surface area contributed by atoms with Crippen molar-refractivity contribution in [2.75, 3.05) is 0 Å². The molecule has 1 atom stereocenters. The Morgan fingerprint density at radius 3 is 2.43 bits per heavy atom. The molecule has 0 radical (unpaired) electrons. The molecule has 0 N–H and O–H groups in total. The van der Waals surface area contributed by atoms with Crippen LogP contribution in [0, 0.1) is 13.8 Å². The van der Waals surface area contributed by atoms with Gasteiger partial charge in [0, 0.05) is 5.02 Å². The van der Waals surface area contributed by atoms with Crippen LogP contribution in [-0.4, -0.2) is 0 Å². The highest BCUT2D eigenvalue weighted by Crippen LogP contribution is 2.28. The molecule has 0 bridgehead atoms. The highest BCUT2D eigenvalue weighted by atomic mass is 35.5. The van der Waals surface area contributed by atoms with Crippen molar-refractivity contribution in [3.8, 4) is 0 Å². The van der Waals surface area contributed by atoms with Crippen molar-refractivity contribution < 1.29 is 0 Å². The Hall–Kier alpha value is -0.490. The molecular weight excluding hydrogens is 192 g/mol. The van der Waals surface area contributed by atoms with Crippen LogP contribution in [0.2, 0.25) is 5.02 Å². The summed E-state index contributed by atoms with van der Waals surface area (Å²) in [5, 5.41) is 0.884. The van der Waals surface area contributed by atoms with Gasteiger partial charge >= 0.3 is 0 Å². The molecule has 0 saturated carbocycles. The van der Waals surface area contributed by atoms with E-state index in [0.717, 1.165) is 5.02 Å². The van der Waals surface area contributed by atoms with Crippen LogP contribution in [0.5, 0.6) is 0 Å². The van der Waals surface area contributed by atoms with E-state index in [1.165, 1.54) is 29.5 Å². The van der Waals surface area contributed by atoms with E-state index in [1.54, 1.807) is 0 Å². The van der Waals surface area contributed by atoms with E-state index in [0.29, 0.717) is 5.92 Å². The van der Waals surface area contributed by atoms with Gasteiger partial charge in [0.05, 0.1) is 0 Å². The SMILES string of the molecule is CCCC(C)c1cc(C)c(Cl)cc1C. The van der Waals surface area contributed by atoms with Crippen molar-refractivity contribution in [3.63, 3.8) is 0 Å². The minimum atomic E-state index is 0.649. The van der Waals surface area contributed by atoms with E-state index in [-0.39, 0.29) is 0 Å². The van der Waals surface area contributed by atoms with E-state index in [2.05, 4.69) is 39.8 Å². The van der Waals surface area contributed by atoms with Gasteiger partial charge in [0.2, 0.25) is 0 Å². The highest BCUT2D eigenvalue weighted by molar-refractivity contribution is 6.31. The fourth-order valence-corrected chi connectivity index (χ4v) is 2.14. The van der Waals surface area contributed by atoms with E-state index < -0.39 is 0 Å². The summed E-state index contributed by atoms with van der Waals surface area (Å²) in [5.74, 6) is 0.649. The predicted molar refractivity (Wildman–Crippen MR) is 64.2 cm³/mol. The molecule has 0 aromatic heterocycles. The topological polar surface area (TPSA) is 0 Å². The number of hydrogen-bond donors (Lipinski definition) is 0. The predicted octanol–water partition coefficient (Wildman–Crippen LogP) is 4.86. The molecular formula is C13H19Cl. The van der Waals surface area contributed by atoms with Crippen LogP contribution < -0.4 is 0 Å². The first-order chi connectivity index (χ1) is 6.56. The van der Waals surface area contributed by atoms with Crippen LogP contribution in [0.4, 0.5) is 0 Å². The molecule has 0 amide bonds. The van der Waals surface area contributed by atoms with Gasteiger partial charge in [-0.3, -0.25) is 0 Å². The lowest BCUT2D eigenvalue weighted by atomic mass is 9.91. The van der Waals surface area contributed by atoms with Crippen molar-refractivity contribution in [1.29, 1.82) is 0 Å². The van der Waals surface area contributed by atoms with Crippen LogP contribution in [0.25, 0.3) is 0 Å². The summed E-state index contributed by atoms with van der Waals surface area (Å²) in [6.45, 7) is 8.74. The Morgan fingerprint density at radius 1 is 1.21 bits per heavy atom.